The van der Waals surface area contributed by atoms with Crippen LogP contribution in [-0.4, -0.2) is 76.7 Å². The number of amides is 3. The Morgan fingerprint density at radius 1 is 0.970 bits per heavy atom. The van der Waals surface area contributed by atoms with Crippen molar-refractivity contribution in [2.45, 2.75) is 50.9 Å². The molecule has 0 bridgehead atoms. The summed E-state index contributed by atoms with van der Waals surface area (Å²) in [7, 11) is 0. The van der Waals surface area contributed by atoms with Crippen molar-refractivity contribution in [1.82, 2.24) is 16.0 Å². The van der Waals surface area contributed by atoms with Gasteiger partial charge in [-0.3, -0.25) is 14.4 Å². The highest BCUT2D eigenvalue weighted by Gasteiger charge is 2.31. The van der Waals surface area contributed by atoms with E-state index in [1.807, 2.05) is 36.6 Å². The molecule has 0 heterocycles. The van der Waals surface area contributed by atoms with Crippen molar-refractivity contribution in [3.05, 3.63) is 35.9 Å². The monoisotopic (exact) mass is 482 g/mol. The zero-order valence-corrected chi connectivity index (χ0v) is 19.9. The number of hydrogen-bond donors (Lipinski definition) is 6. The average molecular weight is 483 g/mol. The second kappa shape index (κ2) is 14.5. The lowest BCUT2D eigenvalue weighted by Crippen LogP contribution is -2.59. The van der Waals surface area contributed by atoms with Crippen molar-refractivity contribution >= 4 is 35.5 Å². The fourth-order valence-corrected chi connectivity index (χ4v) is 3.45. The van der Waals surface area contributed by atoms with E-state index in [0.29, 0.717) is 18.6 Å². The average Bonchev–Trinajstić information content (AvgIpc) is 2.78. The molecule has 0 aliphatic carbocycles. The number of nitrogens with one attached hydrogen (secondary N) is 3. The highest BCUT2D eigenvalue weighted by Crippen LogP contribution is 2.08. The van der Waals surface area contributed by atoms with E-state index in [4.69, 9.17) is 15.9 Å². The van der Waals surface area contributed by atoms with E-state index in [2.05, 4.69) is 16.0 Å². The van der Waals surface area contributed by atoms with Crippen LogP contribution in [0.3, 0.4) is 0 Å². The maximum atomic E-state index is 13.0. The van der Waals surface area contributed by atoms with Crippen LogP contribution in [0, 0.1) is 5.92 Å². The SMILES string of the molecule is CSCCC(NC(=O)C(N)Cc1ccccc1)C(=O)NC(C(=O)NC(CO)C(=O)O)C(C)C. The van der Waals surface area contributed by atoms with E-state index in [-0.39, 0.29) is 5.92 Å². The smallest absolute Gasteiger partial charge is 0.328 e. The number of aliphatic hydroxyl groups excluding tert-OH is 1. The van der Waals surface area contributed by atoms with Crippen LogP contribution in [0.25, 0.3) is 0 Å². The lowest BCUT2D eigenvalue weighted by atomic mass is 10.0. The molecule has 10 nitrogen and oxygen atoms in total. The number of aliphatic hydroxyl groups is 1. The van der Waals surface area contributed by atoms with Crippen LogP contribution in [-0.2, 0) is 25.6 Å². The molecule has 4 atom stereocenters. The highest BCUT2D eigenvalue weighted by molar-refractivity contribution is 7.98. The Labute approximate surface area is 198 Å². The van der Waals surface area contributed by atoms with Gasteiger partial charge in [0.15, 0.2) is 0 Å². The Balaban J connectivity index is 2.87. The van der Waals surface area contributed by atoms with E-state index >= 15 is 0 Å². The molecule has 0 radical (unpaired) electrons. The Kier molecular flexibility index (Phi) is 12.5. The summed E-state index contributed by atoms with van der Waals surface area (Å²) in [5.41, 5.74) is 6.92. The molecule has 4 unspecified atom stereocenters. The quantitative estimate of drug-likeness (QED) is 0.206. The van der Waals surface area contributed by atoms with Crippen LogP contribution in [0.4, 0.5) is 0 Å². The molecule has 11 heteroatoms. The minimum absolute atomic E-state index is 0.304. The molecule has 1 rings (SSSR count). The summed E-state index contributed by atoms with van der Waals surface area (Å²) in [6, 6.07) is 4.93. The molecule has 33 heavy (non-hydrogen) atoms. The third-order valence-electron chi connectivity index (χ3n) is 4.92. The van der Waals surface area contributed by atoms with E-state index in [0.717, 1.165) is 5.56 Å². The number of nitrogens with two attached hydrogens (primary N) is 1. The van der Waals surface area contributed by atoms with Crippen molar-refractivity contribution < 1.29 is 29.4 Å². The number of carbonyl (C=O) groups excluding carboxylic acids is 3. The number of carboxylic acids is 1. The molecule has 3 amide bonds. The maximum Gasteiger partial charge on any atom is 0.328 e. The zero-order valence-electron chi connectivity index (χ0n) is 19.1. The van der Waals surface area contributed by atoms with Crippen LogP contribution >= 0.6 is 11.8 Å². The van der Waals surface area contributed by atoms with Gasteiger partial charge in [0.25, 0.3) is 0 Å². The van der Waals surface area contributed by atoms with Gasteiger partial charge >= 0.3 is 5.97 Å². The van der Waals surface area contributed by atoms with Crippen molar-refractivity contribution in [1.29, 1.82) is 0 Å². The number of benzene rings is 1. The fourth-order valence-electron chi connectivity index (χ4n) is 2.98. The Morgan fingerprint density at radius 3 is 2.09 bits per heavy atom. The second-order valence-corrected chi connectivity index (χ2v) is 8.94. The number of carboxylic acid groups (broad SMARTS) is 1. The van der Waals surface area contributed by atoms with Crippen LogP contribution in [0.2, 0.25) is 0 Å². The van der Waals surface area contributed by atoms with Gasteiger partial charge in [0, 0.05) is 0 Å². The third kappa shape index (κ3) is 9.80. The van der Waals surface area contributed by atoms with Crippen LogP contribution < -0.4 is 21.7 Å². The largest absolute Gasteiger partial charge is 0.480 e. The number of hydrogen-bond acceptors (Lipinski definition) is 7. The molecule has 0 spiro atoms. The molecule has 0 saturated carbocycles. The van der Waals surface area contributed by atoms with Gasteiger partial charge in [0.1, 0.15) is 18.1 Å². The lowest BCUT2D eigenvalue weighted by molar-refractivity contribution is -0.143. The van der Waals surface area contributed by atoms with Gasteiger partial charge in [-0.2, -0.15) is 11.8 Å². The van der Waals surface area contributed by atoms with E-state index in [9.17, 15) is 19.2 Å². The predicted octanol–water partition coefficient (Wildman–Crippen LogP) is -0.503. The molecule has 7 N–H and O–H groups in total. The Bertz CT molecular complexity index is 792. The molecule has 0 aliphatic rings. The van der Waals surface area contributed by atoms with E-state index < -0.39 is 54.5 Å². The van der Waals surface area contributed by atoms with Crippen LogP contribution in [0.1, 0.15) is 25.8 Å². The zero-order chi connectivity index (χ0) is 25.0. The molecular formula is C22H34N4O6S. The summed E-state index contributed by atoms with van der Waals surface area (Å²) in [4.78, 5) is 49.2. The summed E-state index contributed by atoms with van der Waals surface area (Å²) in [6.45, 7) is 2.58. The van der Waals surface area contributed by atoms with Gasteiger partial charge in [-0.05, 0) is 36.3 Å². The minimum atomic E-state index is -1.49. The Morgan fingerprint density at radius 2 is 1.58 bits per heavy atom. The van der Waals surface area contributed by atoms with E-state index in [1.54, 1.807) is 13.8 Å². The van der Waals surface area contributed by atoms with Crippen molar-refractivity contribution in [2.75, 3.05) is 18.6 Å². The van der Waals surface area contributed by atoms with Gasteiger partial charge in [0.2, 0.25) is 17.7 Å². The number of carbonyl (C=O) groups is 4. The first-order valence-electron chi connectivity index (χ1n) is 10.6. The summed E-state index contributed by atoms with van der Waals surface area (Å²) in [5.74, 6) is -2.99. The first-order valence-corrected chi connectivity index (χ1v) is 12.0. The molecule has 0 saturated heterocycles. The first-order chi connectivity index (χ1) is 15.6. The summed E-state index contributed by atoms with van der Waals surface area (Å²) in [5, 5.41) is 25.7. The normalized spacial score (nSPS) is 14.6. The molecular weight excluding hydrogens is 448 g/mol. The summed E-state index contributed by atoms with van der Waals surface area (Å²) < 4.78 is 0. The van der Waals surface area contributed by atoms with Gasteiger partial charge in [-0.25, -0.2) is 4.79 Å². The third-order valence-corrected chi connectivity index (χ3v) is 5.57. The topological polar surface area (TPSA) is 171 Å². The van der Waals surface area contributed by atoms with Crippen LogP contribution in [0.15, 0.2) is 30.3 Å². The molecule has 0 aromatic heterocycles. The summed E-state index contributed by atoms with van der Waals surface area (Å²) in [6.07, 6.45) is 2.49. The first kappa shape index (κ1) is 28.4. The predicted molar refractivity (Wildman–Crippen MR) is 126 cm³/mol. The van der Waals surface area contributed by atoms with Gasteiger partial charge < -0.3 is 31.9 Å². The number of rotatable bonds is 14. The number of thioether (sulfide) groups is 1. The van der Waals surface area contributed by atoms with Crippen molar-refractivity contribution in [2.24, 2.45) is 11.7 Å². The molecule has 184 valence electrons. The summed E-state index contributed by atoms with van der Waals surface area (Å²) >= 11 is 1.50. The maximum absolute atomic E-state index is 13.0. The van der Waals surface area contributed by atoms with Crippen LogP contribution in [0.5, 0.6) is 0 Å². The molecule has 1 aromatic carbocycles. The molecule has 0 fully saturated rings. The van der Waals surface area contributed by atoms with Gasteiger partial charge in [0.05, 0.1) is 12.6 Å². The molecule has 1 aromatic rings. The van der Waals surface area contributed by atoms with E-state index in [1.165, 1.54) is 11.8 Å². The lowest BCUT2D eigenvalue weighted by Gasteiger charge is -2.26. The highest BCUT2D eigenvalue weighted by atomic mass is 32.2. The standard InChI is InChI=1S/C22H34N4O6S/c1-13(2)18(21(30)25-17(12-27)22(31)32)26-20(29)16(9-10-33-3)24-19(28)15(23)11-14-7-5-4-6-8-14/h4-8,13,15-18,27H,9-12,23H2,1-3H3,(H,24,28)(H,25,30)(H,26,29)(H,31,32). The second-order valence-electron chi connectivity index (χ2n) is 7.95. The Hall–Kier alpha value is -2.63. The fraction of sp³-hybridized carbons (Fsp3) is 0.545. The minimum Gasteiger partial charge on any atom is -0.480 e. The van der Waals surface area contributed by atoms with Gasteiger partial charge in [-0.15, -0.1) is 0 Å². The van der Waals surface area contributed by atoms with Crippen molar-refractivity contribution in [3.63, 3.8) is 0 Å². The van der Waals surface area contributed by atoms with Crippen molar-refractivity contribution in [3.8, 4) is 0 Å². The van der Waals surface area contributed by atoms with Gasteiger partial charge in [-0.1, -0.05) is 44.2 Å². The number of aliphatic carboxylic acids is 1. The molecule has 0 aliphatic heterocycles.